The monoisotopic (exact) mass is 370 g/mol. The Labute approximate surface area is 159 Å². The number of rotatable bonds is 3. The van der Waals surface area contributed by atoms with E-state index in [0.29, 0.717) is 35.3 Å². The second-order valence-electron chi connectivity index (χ2n) is 6.16. The third-order valence-electron chi connectivity index (χ3n) is 4.27. The molecule has 1 aliphatic heterocycles. The quantitative estimate of drug-likeness (QED) is 0.735. The van der Waals surface area contributed by atoms with Crippen LogP contribution in [0, 0.1) is 12.7 Å². The molecule has 1 aromatic carbocycles. The topological polar surface area (TPSA) is 88.0 Å². The van der Waals surface area contributed by atoms with Gasteiger partial charge in [-0.25, -0.2) is 14.1 Å². The van der Waals surface area contributed by atoms with Crippen LogP contribution in [0.3, 0.4) is 0 Å². The Kier molecular flexibility index (Phi) is 3.22. The molecule has 1 amide bonds. The summed E-state index contributed by atoms with van der Waals surface area (Å²) in [6.45, 7) is -0.434. The summed E-state index contributed by atoms with van der Waals surface area (Å²) in [6.07, 6.45) is 2.69. The molecule has 138 valence electrons. The molecule has 0 radical (unpaired) electrons. The van der Waals surface area contributed by atoms with E-state index in [1.54, 1.807) is 11.6 Å². The fourth-order valence-corrected chi connectivity index (χ4v) is 3.18. The van der Waals surface area contributed by atoms with Gasteiger partial charge in [0.2, 0.25) is 0 Å². The first-order chi connectivity index (χ1) is 14.1. The summed E-state index contributed by atoms with van der Waals surface area (Å²) < 4.78 is 37.8. The van der Waals surface area contributed by atoms with Gasteiger partial charge in [0.05, 0.1) is 34.9 Å². The zero-order valence-electron chi connectivity index (χ0n) is 17.6. The molecular formula is C18H18FN7O. The smallest absolute Gasteiger partial charge is 0.254 e. The minimum absolute atomic E-state index is 0.0161. The first-order valence-corrected chi connectivity index (χ1v) is 8.13. The SMILES string of the molecule is [2H]C([2H])([2H])NC(=O)c1cnccc1Nc1cc(F)cc2c1N(C)Cc1nc(C)nn1-2. The maximum atomic E-state index is 14.5. The van der Waals surface area contributed by atoms with Crippen molar-refractivity contribution in [2.75, 3.05) is 24.2 Å². The number of carbonyl (C=O) groups is 1. The van der Waals surface area contributed by atoms with Crippen LogP contribution in [0.4, 0.5) is 21.5 Å². The van der Waals surface area contributed by atoms with Gasteiger partial charge in [-0.3, -0.25) is 9.78 Å². The molecule has 0 saturated heterocycles. The average molecular weight is 370 g/mol. The van der Waals surface area contributed by atoms with Gasteiger partial charge in [-0.1, -0.05) is 0 Å². The summed E-state index contributed by atoms with van der Waals surface area (Å²) in [6, 6.07) is 4.18. The van der Waals surface area contributed by atoms with Crippen LogP contribution in [0.1, 0.15) is 26.1 Å². The molecule has 3 heterocycles. The highest BCUT2D eigenvalue weighted by Gasteiger charge is 2.26. The van der Waals surface area contributed by atoms with Crippen LogP contribution in [0.15, 0.2) is 30.6 Å². The van der Waals surface area contributed by atoms with Crippen LogP contribution in [-0.4, -0.2) is 39.7 Å². The molecule has 0 bridgehead atoms. The van der Waals surface area contributed by atoms with Crippen LogP contribution < -0.4 is 15.5 Å². The highest BCUT2D eigenvalue weighted by molar-refractivity contribution is 6.00. The molecule has 0 unspecified atom stereocenters. The fraction of sp³-hybridized carbons (Fsp3) is 0.222. The number of carbonyl (C=O) groups excluding carboxylic acids is 1. The van der Waals surface area contributed by atoms with Crippen LogP contribution in [0.2, 0.25) is 0 Å². The summed E-state index contributed by atoms with van der Waals surface area (Å²) in [7, 11) is 1.84. The lowest BCUT2D eigenvalue weighted by Gasteiger charge is -2.30. The van der Waals surface area contributed by atoms with Crippen molar-refractivity contribution >= 4 is 23.0 Å². The molecule has 9 heteroatoms. The van der Waals surface area contributed by atoms with Crippen molar-refractivity contribution in [1.82, 2.24) is 25.1 Å². The molecular weight excluding hydrogens is 349 g/mol. The maximum Gasteiger partial charge on any atom is 0.254 e. The van der Waals surface area contributed by atoms with Gasteiger partial charge >= 0.3 is 0 Å². The number of pyridine rings is 1. The lowest BCUT2D eigenvalue weighted by atomic mass is 10.1. The van der Waals surface area contributed by atoms with Crippen LogP contribution in [-0.2, 0) is 6.54 Å². The number of anilines is 3. The first kappa shape index (κ1) is 13.7. The van der Waals surface area contributed by atoms with E-state index < -0.39 is 18.7 Å². The first-order valence-electron chi connectivity index (χ1n) is 9.63. The van der Waals surface area contributed by atoms with Crippen LogP contribution in [0.25, 0.3) is 5.69 Å². The molecule has 0 saturated carbocycles. The Morgan fingerprint density at radius 2 is 2.22 bits per heavy atom. The highest BCUT2D eigenvalue weighted by Crippen LogP contribution is 2.39. The minimum Gasteiger partial charge on any atom is -0.364 e. The van der Waals surface area contributed by atoms with Gasteiger partial charge in [-0.15, -0.1) is 0 Å². The van der Waals surface area contributed by atoms with E-state index in [1.807, 2.05) is 17.3 Å². The number of hydrogen-bond acceptors (Lipinski definition) is 6. The molecule has 27 heavy (non-hydrogen) atoms. The third kappa shape index (κ3) is 2.86. The van der Waals surface area contributed by atoms with E-state index in [1.165, 1.54) is 30.6 Å². The molecule has 0 spiro atoms. The van der Waals surface area contributed by atoms with E-state index in [4.69, 9.17) is 4.11 Å². The standard InChI is InChI=1S/C18H18FN7O/c1-10-22-16-9-25(3)17-14(6-11(19)7-15(17)26(16)24-10)23-13-4-5-21-8-12(13)18(27)20-2/h4-8H,9H2,1-3H3,(H,20,27)(H,21,23)/i2D3. The molecule has 0 aliphatic carbocycles. The van der Waals surface area contributed by atoms with E-state index in [2.05, 4.69) is 20.4 Å². The minimum atomic E-state index is -2.65. The van der Waals surface area contributed by atoms with Crippen LogP contribution in [0.5, 0.6) is 0 Å². The Balaban J connectivity index is 1.78. The molecule has 2 aromatic heterocycles. The van der Waals surface area contributed by atoms with Gasteiger partial charge in [0.25, 0.3) is 5.91 Å². The number of fused-ring (bicyclic) bond motifs is 3. The molecule has 8 nitrogen and oxygen atoms in total. The van der Waals surface area contributed by atoms with Crippen molar-refractivity contribution in [3.05, 3.63) is 53.6 Å². The third-order valence-corrected chi connectivity index (χ3v) is 4.27. The Bertz CT molecular complexity index is 1150. The Morgan fingerprint density at radius 3 is 3.04 bits per heavy atom. The summed E-state index contributed by atoms with van der Waals surface area (Å²) in [5.74, 6) is -0.0740. The lowest BCUT2D eigenvalue weighted by molar-refractivity contribution is 0.0963. The number of aromatic nitrogens is 4. The number of amides is 1. The van der Waals surface area contributed by atoms with Crippen molar-refractivity contribution < 1.29 is 13.3 Å². The van der Waals surface area contributed by atoms with Gasteiger partial charge in [0.15, 0.2) is 5.82 Å². The number of nitrogens with zero attached hydrogens (tertiary/aromatic N) is 5. The summed E-state index contributed by atoms with van der Waals surface area (Å²) in [4.78, 5) is 22.6. The van der Waals surface area contributed by atoms with Gasteiger partial charge in [-0.05, 0) is 19.1 Å². The van der Waals surface area contributed by atoms with Gasteiger partial charge < -0.3 is 15.5 Å². The van der Waals surface area contributed by atoms with E-state index in [-0.39, 0.29) is 11.3 Å². The number of benzene rings is 1. The van der Waals surface area contributed by atoms with E-state index in [0.717, 1.165) is 0 Å². The lowest BCUT2D eigenvalue weighted by Crippen LogP contribution is -2.27. The molecule has 0 atom stereocenters. The molecule has 3 aromatic rings. The highest BCUT2D eigenvalue weighted by atomic mass is 19.1. The molecule has 4 rings (SSSR count). The zero-order valence-corrected chi connectivity index (χ0v) is 14.6. The summed E-state index contributed by atoms with van der Waals surface area (Å²) in [5, 5.41) is 9.33. The Morgan fingerprint density at radius 1 is 1.37 bits per heavy atom. The second kappa shape index (κ2) is 6.35. The second-order valence-corrected chi connectivity index (χ2v) is 6.16. The van der Waals surface area contributed by atoms with Gasteiger partial charge in [-0.2, -0.15) is 5.10 Å². The van der Waals surface area contributed by atoms with Crippen molar-refractivity contribution in [3.63, 3.8) is 0 Å². The maximum absolute atomic E-state index is 14.5. The van der Waals surface area contributed by atoms with Gasteiger partial charge in [0.1, 0.15) is 11.6 Å². The van der Waals surface area contributed by atoms with Crippen molar-refractivity contribution in [2.24, 2.45) is 0 Å². The predicted octanol–water partition coefficient (Wildman–Crippen LogP) is 2.16. The Hall–Kier alpha value is -3.49. The number of hydrogen-bond donors (Lipinski definition) is 2. The molecule has 0 fully saturated rings. The predicted molar refractivity (Wildman–Crippen MR) is 99.1 cm³/mol. The molecule has 2 N–H and O–H groups in total. The van der Waals surface area contributed by atoms with Crippen molar-refractivity contribution in [2.45, 2.75) is 13.5 Å². The van der Waals surface area contributed by atoms with Crippen molar-refractivity contribution in [3.8, 4) is 5.69 Å². The van der Waals surface area contributed by atoms with E-state index >= 15 is 0 Å². The van der Waals surface area contributed by atoms with Crippen LogP contribution >= 0.6 is 0 Å². The normalized spacial score (nSPS) is 14.5. The van der Waals surface area contributed by atoms with Crippen molar-refractivity contribution in [1.29, 1.82) is 0 Å². The number of nitrogens with one attached hydrogen (secondary N) is 2. The number of halogens is 1. The summed E-state index contributed by atoms with van der Waals surface area (Å²) >= 11 is 0. The summed E-state index contributed by atoms with van der Waals surface area (Å²) in [5.41, 5.74) is 1.86. The van der Waals surface area contributed by atoms with E-state index in [9.17, 15) is 9.18 Å². The fourth-order valence-electron chi connectivity index (χ4n) is 3.18. The van der Waals surface area contributed by atoms with Gasteiger partial charge in [0, 0.05) is 36.6 Å². The zero-order chi connectivity index (χ0) is 21.6. The number of aryl methyl sites for hydroxylation is 1. The molecule has 1 aliphatic rings. The average Bonchev–Trinajstić information content (AvgIpc) is 3.00. The largest absolute Gasteiger partial charge is 0.364 e.